The average Bonchev–Trinajstić information content (AvgIpc) is 3.31. The van der Waals surface area contributed by atoms with Crippen molar-refractivity contribution in [3.05, 3.63) is 54.1 Å². The van der Waals surface area contributed by atoms with E-state index in [2.05, 4.69) is 5.32 Å². The summed E-state index contributed by atoms with van der Waals surface area (Å²) in [6.07, 6.45) is 3.31. The van der Waals surface area contributed by atoms with Gasteiger partial charge in [-0.15, -0.1) is 0 Å². The molecule has 32 heavy (non-hydrogen) atoms. The maximum absolute atomic E-state index is 12.6. The number of benzene rings is 2. The molecule has 1 N–H and O–H groups in total. The van der Waals surface area contributed by atoms with E-state index in [-0.39, 0.29) is 11.9 Å². The highest BCUT2D eigenvalue weighted by Crippen LogP contribution is 2.29. The van der Waals surface area contributed by atoms with Crippen molar-refractivity contribution in [2.45, 2.75) is 51.7 Å². The van der Waals surface area contributed by atoms with Gasteiger partial charge in [0.25, 0.3) is 5.91 Å². The van der Waals surface area contributed by atoms with Gasteiger partial charge >= 0.3 is 5.97 Å². The van der Waals surface area contributed by atoms with Crippen molar-refractivity contribution < 1.29 is 28.5 Å². The summed E-state index contributed by atoms with van der Waals surface area (Å²) in [7, 11) is 0. The molecule has 1 saturated carbocycles. The normalized spacial score (nSPS) is 14.4. The third-order valence-electron chi connectivity index (χ3n) is 5.19. The standard InChI is InChI=1S/C25H31NO6/c1-3-29-23-17-19(25(28)32-18(2)24(27)26-20-9-7-8-10-20)13-14-22(23)31-16-15-30-21-11-5-4-6-12-21/h4-6,11-14,17-18,20H,3,7-10,15-16H2,1-2H3,(H,26,27). The van der Waals surface area contributed by atoms with Crippen LogP contribution in [0.1, 0.15) is 49.9 Å². The van der Waals surface area contributed by atoms with Crippen LogP contribution in [0.4, 0.5) is 0 Å². The molecule has 1 fully saturated rings. The Morgan fingerprint density at radius 2 is 1.69 bits per heavy atom. The number of carbonyl (C=O) groups is 2. The Kier molecular flexibility index (Phi) is 8.78. The summed E-state index contributed by atoms with van der Waals surface area (Å²) < 4.78 is 22.4. The van der Waals surface area contributed by atoms with Gasteiger partial charge in [-0.25, -0.2) is 4.79 Å². The van der Waals surface area contributed by atoms with Gasteiger partial charge in [-0.3, -0.25) is 4.79 Å². The van der Waals surface area contributed by atoms with Crippen LogP contribution in [-0.4, -0.2) is 43.8 Å². The molecule has 1 aliphatic rings. The first-order valence-corrected chi connectivity index (χ1v) is 11.2. The van der Waals surface area contributed by atoms with Crippen molar-refractivity contribution in [1.29, 1.82) is 0 Å². The fourth-order valence-corrected chi connectivity index (χ4v) is 3.52. The molecule has 1 atom stereocenters. The lowest BCUT2D eigenvalue weighted by molar-refractivity contribution is -0.129. The van der Waals surface area contributed by atoms with Gasteiger partial charge in [0.2, 0.25) is 0 Å². The highest BCUT2D eigenvalue weighted by molar-refractivity contribution is 5.92. The molecule has 7 heteroatoms. The van der Waals surface area contributed by atoms with E-state index >= 15 is 0 Å². The first-order chi connectivity index (χ1) is 15.6. The predicted octanol–water partition coefficient (Wildman–Crippen LogP) is 4.15. The molecule has 0 heterocycles. The number of ether oxygens (including phenoxy) is 4. The van der Waals surface area contributed by atoms with Crippen LogP contribution in [0.3, 0.4) is 0 Å². The van der Waals surface area contributed by atoms with Crippen molar-refractivity contribution >= 4 is 11.9 Å². The molecule has 0 bridgehead atoms. The summed E-state index contributed by atoms with van der Waals surface area (Å²) in [4.78, 5) is 24.9. The maximum atomic E-state index is 12.6. The Morgan fingerprint density at radius 1 is 0.969 bits per heavy atom. The van der Waals surface area contributed by atoms with Crippen LogP contribution in [-0.2, 0) is 9.53 Å². The van der Waals surface area contributed by atoms with Crippen LogP contribution in [0, 0.1) is 0 Å². The summed E-state index contributed by atoms with van der Waals surface area (Å²) in [6.45, 7) is 4.53. The second kappa shape index (κ2) is 12.0. The van der Waals surface area contributed by atoms with E-state index in [9.17, 15) is 9.59 Å². The first kappa shape index (κ1) is 23.4. The monoisotopic (exact) mass is 441 g/mol. The topological polar surface area (TPSA) is 83.1 Å². The largest absolute Gasteiger partial charge is 0.490 e. The van der Waals surface area contributed by atoms with Crippen LogP contribution in [0.5, 0.6) is 17.2 Å². The number of amides is 1. The van der Waals surface area contributed by atoms with Gasteiger partial charge in [0.15, 0.2) is 17.6 Å². The number of carbonyl (C=O) groups excluding carboxylic acids is 2. The average molecular weight is 442 g/mol. The Labute approximate surface area is 189 Å². The Morgan fingerprint density at radius 3 is 2.41 bits per heavy atom. The summed E-state index contributed by atoms with van der Waals surface area (Å²) in [5.74, 6) is 0.856. The molecule has 172 valence electrons. The molecule has 2 aromatic carbocycles. The van der Waals surface area contributed by atoms with Crippen molar-refractivity contribution in [3.63, 3.8) is 0 Å². The van der Waals surface area contributed by atoms with Crippen LogP contribution in [0.25, 0.3) is 0 Å². The Hall–Kier alpha value is -3.22. The molecular formula is C25H31NO6. The molecule has 1 amide bonds. The smallest absolute Gasteiger partial charge is 0.339 e. The van der Waals surface area contributed by atoms with Crippen LogP contribution in [0.2, 0.25) is 0 Å². The van der Waals surface area contributed by atoms with E-state index in [1.54, 1.807) is 25.1 Å². The minimum atomic E-state index is -0.871. The summed E-state index contributed by atoms with van der Waals surface area (Å²) >= 11 is 0. The van der Waals surface area contributed by atoms with Crippen molar-refractivity contribution in [2.24, 2.45) is 0 Å². The third-order valence-corrected chi connectivity index (χ3v) is 5.19. The van der Waals surface area contributed by atoms with E-state index in [1.165, 1.54) is 0 Å². The SMILES string of the molecule is CCOc1cc(C(=O)OC(C)C(=O)NC2CCCC2)ccc1OCCOc1ccccc1. The number of para-hydroxylation sites is 1. The van der Waals surface area contributed by atoms with Gasteiger partial charge in [-0.2, -0.15) is 0 Å². The molecule has 0 saturated heterocycles. The van der Waals surface area contributed by atoms with Gasteiger partial charge in [0.05, 0.1) is 12.2 Å². The zero-order chi connectivity index (χ0) is 22.8. The van der Waals surface area contributed by atoms with Gasteiger partial charge in [-0.1, -0.05) is 31.0 Å². The molecule has 0 radical (unpaired) electrons. The fraction of sp³-hybridized carbons (Fsp3) is 0.440. The van der Waals surface area contributed by atoms with Crippen LogP contribution >= 0.6 is 0 Å². The number of nitrogens with one attached hydrogen (secondary N) is 1. The lowest BCUT2D eigenvalue weighted by Gasteiger charge is -2.18. The molecule has 2 aromatic rings. The quantitative estimate of drug-likeness (QED) is 0.417. The maximum Gasteiger partial charge on any atom is 0.339 e. The first-order valence-electron chi connectivity index (χ1n) is 11.2. The van der Waals surface area contributed by atoms with E-state index in [0.717, 1.165) is 31.4 Å². The second-order valence-corrected chi connectivity index (χ2v) is 7.64. The number of rotatable bonds is 11. The molecule has 0 aromatic heterocycles. The van der Waals surface area contributed by atoms with E-state index in [4.69, 9.17) is 18.9 Å². The molecule has 1 unspecified atom stereocenters. The summed E-state index contributed by atoms with van der Waals surface area (Å²) in [5.41, 5.74) is 0.293. The fourth-order valence-electron chi connectivity index (χ4n) is 3.52. The minimum Gasteiger partial charge on any atom is -0.490 e. The molecule has 0 spiro atoms. The molecule has 3 rings (SSSR count). The van der Waals surface area contributed by atoms with Gasteiger partial charge in [0.1, 0.15) is 19.0 Å². The zero-order valence-electron chi connectivity index (χ0n) is 18.7. The predicted molar refractivity (Wildman–Crippen MR) is 120 cm³/mol. The highest BCUT2D eigenvalue weighted by Gasteiger charge is 2.24. The lowest BCUT2D eigenvalue weighted by atomic mass is 10.2. The van der Waals surface area contributed by atoms with Crippen molar-refractivity contribution in [3.8, 4) is 17.2 Å². The number of hydrogen-bond acceptors (Lipinski definition) is 6. The van der Waals surface area contributed by atoms with Crippen molar-refractivity contribution in [1.82, 2.24) is 5.32 Å². The number of hydrogen-bond donors (Lipinski definition) is 1. The van der Waals surface area contributed by atoms with Gasteiger partial charge in [-0.05, 0) is 57.0 Å². The third kappa shape index (κ3) is 6.90. The van der Waals surface area contributed by atoms with Gasteiger partial charge < -0.3 is 24.3 Å². The highest BCUT2D eigenvalue weighted by atomic mass is 16.6. The van der Waals surface area contributed by atoms with Crippen LogP contribution in [0.15, 0.2) is 48.5 Å². The number of esters is 1. The van der Waals surface area contributed by atoms with E-state index in [1.807, 2.05) is 37.3 Å². The second-order valence-electron chi connectivity index (χ2n) is 7.64. The van der Waals surface area contributed by atoms with E-state index in [0.29, 0.717) is 36.9 Å². The van der Waals surface area contributed by atoms with Crippen molar-refractivity contribution in [2.75, 3.05) is 19.8 Å². The molecular weight excluding hydrogens is 410 g/mol. The van der Waals surface area contributed by atoms with Gasteiger partial charge in [0, 0.05) is 6.04 Å². The Balaban J connectivity index is 1.53. The molecule has 7 nitrogen and oxygen atoms in total. The summed E-state index contributed by atoms with van der Waals surface area (Å²) in [5, 5.41) is 2.94. The zero-order valence-corrected chi connectivity index (χ0v) is 18.7. The Bertz CT molecular complexity index is 879. The lowest BCUT2D eigenvalue weighted by Crippen LogP contribution is -2.40. The minimum absolute atomic E-state index is 0.176. The van der Waals surface area contributed by atoms with Crippen LogP contribution < -0.4 is 19.5 Å². The van der Waals surface area contributed by atoms with E-state index < -0.39 is 12.1 Å². The molecule has 1 aliphatic carbocycles. The molecule has 0 aliphatic heterocycles. The summed E-state index contributed by atoms with van der Waals surface area (Å²) in [6, 6.07) is 14.5.